The Kier molecular flexibility index (Phi) is 3.88. The summed E-state index contributed by atoms with van der Waals surface area (Å²) in [6.45, 7) is 9.05. The summed E-state index contributed by atoms with van der Waals surface area (Å²) in [4.78, 5) is 2.47. The number of rotatable bonds is 3. The molecule has 2 atom stereocenters. The highest BCUT2D eigenvalue weighted by Gasteiger charge is 2.35. The van der Waals surface area contributed by atoms with E-state index in [0.717, 1.165) is 26.2 Å². The third-order valence-corrected chi connectivity index (χ3v) is 4.36. The van der Waals surface area contributed by atoms with Crippen molar-refractivity contribution in [3.63, 3.8) is 0 Å². The van der Waals surface area contributed by atoms with E-state index in [1.807, 2.05) is 0 Å². The predicted octanol–water partition coefficient (Wildman–Crippen LogP) is 1.51. The van der Waals surface area contributed by atoms with Gasteiger partial charge in [0.2, 0.25) is 0 Å². The van der Waals surface area contributed by atoms with Crippen LogP contribution in [0.2, 0.25) is 0 Å². The molecule has 2 unspecified atom stereocenters. The molecule has 0 aromatic rings. The monoisotopic (exact) mass is 227 g/mol. The molecule has 0 radical (unpaired) electrons. The minimum atomic E-state index is 0.293. The molecule has 3 heteroatoms. The van der Waals surface area contributed by atoms with Gasteiger partial charge in [-0.25, -0.2) is 0 Å². The van der Waals surface area contributed by atoms with Crippen LogP contribution in [-0.2, 0) is 4.74 Å². The Morgan fingerprint density at radius 1 is 1.44 bits per heavy atom. The Morgan fingerprint density at radius 3 is 2.88 bits per heavy atom. The lowest BCUT2D eigenvalue weighted by Gasteiger charge is -2.43. The Balaban J connectivity index is 1.84. The molecule has 0 aromatic heterocycles. The van der Waals surface area contributed by atoms with Crippen LogP contribution in [0.1, 0.15) is 33.1 Å². The van der Waals surface area contributed by atoms with Crippen molar-refractivity contribution in [1.82, 2.24) is 4.90 Å². The van der Waals surface area contributed by atoms with Crippen LogP contribution >= 0.6 is 0 Å². The fraction of sp³-hybridized carbons (Fsp3) is 1.00. The highest BCUT2D eigenvalue weighted by atomic mass is 16.5. The summed E-state index contributed by atoms with van der Waals surface area (Å²) >= 11 is 0. The standard InChI is InChI=1S/C13H25NO2/c1-13(2)5-6-14(8-11(13)10-15)9-12-4-3-7-16-12/h11-12,15H,3-10H2,1-2H3. The molecule has 1 N–H and O–H groups in total. The van der Waals surface area contributed by atoms with Crippen LogP contribution in [-0.4, -0.2) is 49.0 Å². The molecule has 0 bridgehead atoms. The summed E-state index contributed by atoms with van der Waals surface area (Å²) < 4.78 is 5.67. The second kappa shape index (κ2) is 5.03. The highest BCUT2D eigenvalue weighted by molar-refractivity contribution is 4.87. The van der Waals surface area contributed by atoms with Gasteiger partial charge >= 0.3 is 0 Å². The predicted molar refractivity (Wildman–Crippen MR) is 64.4 cm³/mol. The zero-order valence-corrected chi connectivity index (χ0v) is 10.6. The van der Waals surface area contributed by atoms with Crippen molar-refractivity contribution in [3.05, 3.63) is 0 Å². The second-order valence-electron chi connectivity index (χ2n) is 6.01. The zero-order valence-electron chi connectivity index (χ0n) is 10.6. The Bertz CT molecular complexity index is 224. The van der Waals surface area contributed by atoms with Crippen LogP contribution in [0, 0.1) is 11.3 Å². The van der Waals surface area contributed by atoms with Crippen LogP contribution in [0.4, 0.5) is 0 Å². The average Bonchev–Trinajstić information content (AvgIpc) is 2.73. The van der Waals surface area contributed by atoms with Gasteiger partial charge in [0.05, 0.1) is 6.10 Å². The maximum Gasteiger partial charge on any atom is 0.0702 e. The van der Waals surface area contributed by atoms with Gasteiger partial charge in [-0.3, -0.25) is 0 Å². The summed E-state index contributed by atoms with van der Waals surface area (Å²) in [5.41, 5.74) is 0.293. The van der Waals surface area contributed by atoms with E-state index in [-0.39, 0.29) is 0 Å². The minimum absolute atomic E-state index is 0.293. The van der Waals surface area contributed by atoms with Crippen LogP contribution in [0.15, 0.2) is 0 Å². The van der Waals surface area contributed by atoms with E-state index in [0.29, 0.717) is 24.0 Å². The number of aliphatic hydroxyl groups is 1. The van der Waals surface area contributed by atoms with Crippen molar-refractivity contribution in [1.29, 1.82) is 0 Å². The molecule has 0 spiro atoms. The Labute approximate surface area is 98.8 Å². The summed E-state index contributed by atoms with van der Waals surface area (Å²) in [5.74, 6) is 0.419. The van der Waals surface area contributed by atoms with E-state index in [9.17, 15) is 5.11 Å². The van der Waals surface area contributed by atoms with Gasteiger partial charge in [-0.1, -0.05) is 13.8 Å². The molecule has 94 valence electrons. The van der Waals surface area contributed by atoms with E-state index >= 15 is 0 Å². The molecule has 2 saturated heterocycles. The molecule has 2 heterocycles. The fourth-order valence-electron chi connectivity index (χ4n) is 2.85. The molecule has 3 nitrogen and oxygen atoms in total. The van der Waals surface area contributed by atoms with Crippen molar-refractivity contribution in [3.8, 4) is 0 Å². The lowest BCUT2D eigenvalue weighted by molar-refractivity contribution is -0.00280. The molecule has 0 amide bonds. The first kappa shape index (κ1) is 12.3. The second-order valence-corrected chi connectivity index (χ2v) is 6.01. The molecule has 0 aromatic carbocycles. The molecule has 0 aliphatic carbocycles. The number of piperidine rings is 1. The van der Waals surface area contributed by atoms with Crippen LogP contribution in [0.3, 0.4) is 0 Å². The summed E-state index contributed by atoms with van der Waals surface area (Å²) in [6, 6.07) is 0. The quantitative estimate of drug-likeness (QED) is 0.793. The van der Waals surface area contributed by atoms with Crippen molar-refractivity contribution >= 4 is 0 Å². The summed E-state index contributed by atoms with van der Waals surface area (Å²) in [7, 11) is 0. The van der Waals surface area contributed by atoms with Crippen LogP contribution < -0.4 is 0 Å². The number of hydrogen-bond acceptors (Lipinski definition) is 3. The van der Waals surface area contributed by atoms with Gasteiger partial charge in [0.15, 0.2) is 0 Å². The fourth-order valence-corrected chi connectivity index (χ4v) is 2.85. The number of ether oxygens (including phenoxy) is 1. The topological polar surface area (TPSA) is 32.7 Å². The van der Waals surface area contributed by atoms with Crippen molar-refractivity contribution in [2.45, 2.75) is 39.2 Å². The Morgan fingerprint density at radius 2 is 2.25 bits per heavy atom. The third kappa shape index (κ3) is 2.76. The lowest BCUT2D eigenvalue weighted by Crippen LogP contribution is -2.48. The van der Waals surface area contributed by atoms with E-state index in [4.69, 9.17) is 4.74 Å². The number of likely N-dealkylation sites (tertiary alicyclic amines) is 1. The minimum Gasteiger partial charge on any atom is -0.396 e. The van der Waals surface area contributed by atoms with Gasteiger partial charge in [0.25, 0.3) is 0 Å². The van der Waals surface area contributed by atoms with Crippen LogP contribution in [0.5, 0.6) is 0 Å². The van der Waals surface area contributed by atoms with Gasteiger partial charge in [0.1, 0.15) is 0 Å². The maximum absolute atomic E-state index is 9.45. The number of aliphatic hydroxyl groups excluding tert-OH is 1. The van der Waals surface area contributed by atoms with Crippen molar-refractivity contribution in [2.75, 3.05) is 32.8 Å². The van der Waals surface area contributed by atoms with E-state index in [2.05, 4.69) is 18.7 Å². The SMILES string of the molecule is CC1(C)CCN(CC2CCCO2)CC1CO. The smallest absolute Gasteiger partial charge is 0.0702 e. The molecule has 2 fully saturated rings. The molecule has 16 heavy (non-hydrogen) atoms. The molecule has 0 saturated carbocycles. The van der Waals surface area contributed by atoms with E-state index < -0.39 is 0 Å². The number of nitrogens with zero attached hydrogens (tertiary/aromatic N) is 1. The van der Waals surface area contributed by atoms with Crippen LogP contribution in [0.25, 0.3) is 0 Å². The normalized spacial score (nSPS) is 35.4. The Hall–Kier alpha value is -0.120. The highest BCUT2D eigenvalue weighted by Crippen LogP contribution is 2.35. The van der Waals surface area contributed by atoms with Crippen molar-refractivity contribution in [2.24, 2.45) is 11.3 Å². The van der Waals surface area contributed by atoms with Gasteiger partial charge in [-0.15, -0.1) is 0 Å². The maximum atomic E-state index is 9.45. The molecule has 2 rings (SSSR count). The van der Waals surface area contributed by atoms with E-state index in [1.54, 1.807) is 0 Å². The van der Waals surface area contributed by atoms with Gasteiger partial charge in [0, 0.05) is 26.3 Å². The van der Waals surface area contributed by atoms with E-state index in [1.165, 1.54) is 19.3 Å². The molecular weight excluding hydrogens is 202 g/mol. The van der Waals surface area contributed by atoms with Crippen molar-refractivity contribution < 1.29 is 9.84 Å². The largest absolute Gasteiger partial charge is 0.396 e. The van der Waals surface area contributed by atoms with Gasteiger partial charge in [-0.05, 0) is 37.1 Å². The zero-order chi connectivity index (χ0) is 11.6. The third-order valence-electron chi connectivity index (χ3n) is 4.36. The van der Waals surface area contributed by atoms with Gasteiger partial charge < -0.3 is 14.7 Å². The molecule has 2 aliphatic heterocycles. The van der Waals surface area contributed by atoms with Gasteiger partial charge in [-0.2, -0.15) is 0 Å². The first-order chi connectivity index (χ1) is 7.62. The lowest BCUT2D eigenvalue weighted by atomic mass is 9.73. The molecule has 2 aliphatic rings. The molecular formula is C13H25NO2. The summed E-state index contributed by atoms with van der Waals surface area (Å²) in [5, 5.41) is 9.45. The first-order valence-corrected chi connectivity index (χ1v) is 6.56. The number of hydrogen-bond donors (Lipinski definition) is 1. The first-order valence-electron chi connectivity index (χ1n) is 6.56. The summed E-state index contributed by atoms with van der Waals surface area (Å²) in [6.07, 6.45) is 4.06. The average molecular weight is 227 g/mol.